The number of hydrogen-bond acceptors (Lipinski definition) is 5. The summed E-state index contributed by atoms with van der Waals surface area (Å²) in [5.74, 6) is 0. The Bertz CT molecular complexity index is 389. The van der Waals surface area contributed by atoms with Crippen LogP contribution in [0.15, 0.2) is 30.3 Å². The Morgan fingerprint density at radius 2 is 1.12 bits per heavy atom. The Labute approximate surface area is 154 Å². The van der Waals surface area contributed by atoms with Gasteiger partial charge in [-0.2, -0.15) is 0 Å². The average molecular weight is 352 g/mol. The van der Waals surface area contributed by atoms with E-state index in [0.717, 1.165) is 57.8 Å². The molecule has 5 heteroatoms. The van der Waals surface area contributed by atoms with E-state index in [1.54, 1.807) is 5.23 Å². The summed E-state index contributed by atoms with van der Waals surface area (Å²) in [5, 5.41) is 1.59. The van der Waals surface area contributed by atoms with Gasteiger partial charge in [0.2, 0.25) is 0 Å². The number of benzene rings is 1. The fourth-order valence-electron chi connectivity index (χ4n) is 2.69. The molecule has 0 unspecified atom stereocenters. The maximum Gasteiger partial charge on any atom is 0.0947 e. The minimum Gasteiger partial charge on any atom is -0.304 e. The van der Waals surface area contributed by atoms with Crippen LogP contribution in [0.5, 0.6) is 0 Å². The minimum atomic E-state index is 0.654. The number of para-hydroxylation sites is 1. The molecule has 0 saturated carbocycles. The number of hydrogen-bond donors (Lipinski definition) is 0. The highest BCUT2D eigenvalue weighted by Gasteiger charge is 2.09. The summed E-state index contributed by atoms with van der Waals surface area (Å²) in [6.07, 6.45) is 1.99. The van der Waals surface area contributed by atoms with E-state index >= 15 is 0 Å². The third-order valence-electron chi connectivity index (χ3n) is 4.41. The summed E-state index contributed by atoms with van der Waals surface area (Å²) >= 11 is 0. The number of rotatable bonds is 15. The molecule has 1 aromatic carbocycles. The molecule has 0 N–H and O–H groups in total. The first-order valence-electron chi connectivity index (χ1n) is 9.80. The van der Waals surface area contributed by atoms with E-state index in [2.05, 4.69) is 37.5 Å². The molecule has 0 radical (unpaired) electrons. The van der Waals surface area contributed by atoms with Gasteiger partial charge in [-0.3, -0.25) is 0 Å². The van der Waals surface area contributed by atoms with Gasteiger partial charge in [-0.1, -0.05) is 45.9 Å². The molecule has 0 aliphatic carbocycles. The molecule has 25 heavy (non-hydrogen) atoms. The molecule has 0 aromatic heterocycles. The van der Waals surface area contributed by atoms with E-state index in [1.165, 1.54) is 0 Å². The molecule has 5 nitrogen and oxygen atoms in total. The molecule has 0 aliphatic heterocycles. The van der Waals surface area contributed by atoms with E-state index in [9.17, 15) is 0 Å². The van der Waals surface area contributed by atoms with Gasteiger partial charge in [0.25, 0.3) is 0 Å². The lowest BCUT2D eigenvalue weighted by molar-refractivity contribution is -0.0925. The topological polar surface area (TPSA) is 28.2 Å². The third-order valence-corrected chi connectivity index (χ3v) is 4.41. The van der Waals surface area contributed by atoms with Gasteiger partial charge in [-0.05, 0) is 51.2 Å². The highest BCUT2D eigenvalue weighted by molar-refractivity contribution is 5.40. The van der Waals surface area contributed by atoms with Crippen LogP contribution in [0, 0.1) is 0 Å². The first-order valence-corrected chi connectivity index (χ1v) is 9.80. The second-order valence-corrected chi connectivity index (χ2v) is 6.02. The Balaban J connectivity index is 2.40. The lowest BCUT2D eigenvalue weighted by atomic mass is 10.3. The summed E-state index contributed by atoms with van der Waals surface area (Å²) in [5.41, 5.74) is 0.938. The molecule has 1 rings (SSSR count). The van der Waals surface area contributed by atoms with Crippen molar-refractivity contribution in [2.24, 2.45) is 0 Å². The molecule has 0 fully saturated rings. The van der Waals surface area contributed by atoms with Crippen LogP contribution in [0.1, 0.15) is 40.5 Å². The summed E-state index contributed by atoms with van der Waals surface area (Å²) in [6.45, 7) is 16.5. The van der Waals surface area contributed by atoms with Crippen molar-refractivity contribution in [3.05, 3.63) is 30.3 Å². The predicted molar refractivity (Wildman–Crippen MR) is 106 cm³/mol. The van der Waals surface area contributed by atoms with Crippen LogP contribution in [0.25, 0.3) is 0 Å². The maximum atomic E-state index is 5.90. The normalized spacial score (nSPS) is 11.4. The van der Waals surface area contributed by atoms with Crippen molar-refractivity contribution in [3.63, 3.8) is 0 Å². The van der Waals surface area contributed by atoms with Crippen molar-refractivity contribution in [1.82, 2.24) is 9.80 Å². The molecule has 0 spiro atoms. The first kappa shape index (κ1) is 21.9. The second kappa shape index (κ2) is 14.1. The van der Waals surface area contributed by atoms with Gasteiger partial charge in [0.1, 0.15) is 0 Å². The molecule has 0 atom stereocenters. The monoisotopic (exact) mass is 351 g/mol. The average Bonchev–Trinajstić information content (AvgIpc) is 2.67. The Morgan fingerprint density at radius 1 is 0.680 bits per heavy atom. The number of anilines is 1. The highest BCUT2D eigenvalue weighted by Crippen LogP contribution is 2.14. The largest absolute Gasteiger partial charge is 0.304 e. The Morgan fingerprint density at radius 3 is 1.52 bits per heavy atom. The van der Waals surface area contributed by atoms with Crippen molar-refractivity contribution in [2.45, 2.75) is 40.5 Å². The Hall–Kier alpha value is -1.14. The Kier molecular flexibility index (Phi) is 12.3. The second-order valence-electron chi connectivity index (χ2n) is 6.02. The summed E-state index contributed by atoms with van der Waals surface area (Å²) in [6, 6.07) is 10.0. The van der Waals surface area contributed by atoms with E-state index in [1.807, 2.05) is 30.3 Å². The van der Waals surface area contributed by atoms with Crippen LogP contribution in [0.2, 0.25) is 0 Å². The van der Waals surface area contributed by atoms with Gasteiger partial charge in [-0.15, -0.1) is 5.23 Å². The fraction of sp³-hybridized carbons (Fsp3) is 0.700. The number of nitrogens with zero attached hydrogens (tertiary/aromatic N) is 3. The predicted octanol–water partition coefficient (Wildman–Crippen LogP) is 3.82. The van der Waals surface area contributed by atoms with Crippen LogP contribution in [-0.4, -0.2) is 62.3 Å². The van der Waals surface area contributed by atoms with Gasteiger partial charge >= 0.3 is 0 Å². The van der Waals surface area contributed by atoms with Crippen LogP contribution >= 0.6 is 0 Å². The van der Waals surface area contributed by atoms with Crippen molar-refractivity contribution in [2.75, 3.05) is 57.7 Å². The molecule has 0 saturated heterocycles. The van der Waals surface area contributed by atoms with E-state index in [0.29, 0.717) is 13.2 Å². The molecule has 144 valence electrons. The zero-order chi connectivity index (χ0) is 18.3. The van der Waals surface area contributed by atoms with E-state index in [4.69, 9.17) is 9.68 Å². The first-order chi connectivity index (χ1) is 12.2. The molecule has 0 bridgehead atoms. The molecule has 0 heterocycles. The van der Waals surface area contributed by atoms with Gasteiger partial charge < -0.3 is 9.80 Å². The van der Waals surface area contributed by atoms with Gasteiger partial charge in [0.15, 0.2) is 0 Å². The maximum absolute atomic E-state index is 5.90. The lowest BCUT2D eigenvalue weighted by Crippen LogP contribution is -2.30. The van der Waals surface area contributed by atoms with Gasteiger partial charge in [0, 0.05) is 13.1 Å². The summed E-state index contributed by atoms with van der Waals surface area (Å²) < 4.78 is 0. The smallest absolute Gasteiger partial charge is 0.0947 e. The van der Waals surface area contributed by atoms with Crippen LogP contribution in [0.3, 0.4) is 0 Å². The van der Waals surface area contributed by atoms with Crippen molar-refractivity contribution in [1.29, 1.82) is 0 Å². The van der Waals surface area contributed by atoms with Gasteiger partial charge in [0.05, 0.1) is 18.9 Å². The molecule has 0 aliphatic rings. The van der Waals surface area contributed by atoms with Crippen LogP contribution in [-0.2, 0) is 9.68 Å². The standard InChI is InChI=1S/C20H37N3O2/c1-5-21(6-2)16-12-18-24-23(20-14-10-9-11-15-20)25-19-13-17-22(7-3)8-4/h9-11,14-15H,5-8,12-13,16-19H2,1-4H3. The van der Waals surface area contributed by atoms with Crippen molar-refractivity contribution < 1.29 is 9.68 Å². The van der Waals surface area contributed by atoms with Crippen LogP contribution < -0.4 is 5.23 Å². The molecular formula is C20H37N3O2. The molecular weight excluding hydrogens is 314 g/mol. The quantitative estimate of drug-likeness (QED) is 0.354. The highest BCUT2D eigenvalue weighted by atomic mass is 16.9. The minimum absolute atomic E-state index is 0.654. The zero-order valence-corrected chi connectivity index (χ0v) is 16.6. The fourth-order valence-corrected chi connectivity index (χ4v) is 2.69. The molecule has 1 aromatic rings. The lowest BCUT2D eigenvalue weighted by Gasteiger charge is -2.24. The van der Waals surface area contributed by atoms with Crippen molar-refractivity contribution in [3.8, 4) is 0 Å². The van der Waals surface area contributed by atoms with E-state index in [-0.39, 0.29) is 0 Å². The zero-order valence-electron chi connectivity index (χ0n) is 16.6. The summed E-state index contributed by atoms with van der Waals surface area (Å²) in [4.78, 5) is 16.6. The van der Waals surface area contributed by atoms with Gasteiger partial charge in [-0.25, -0.2) is 9.68 Å². The molecule has 0 amide bonds. The third kappa shape index (κ3) is 9.21. The van der Waals surface area contributed by atoms with Crippen LogP contribution in [0.4, 0.5) is 5.69 Å². The SMILES string of the molecule is CCN(CC)CCCON(OCCCN(CC)CC)c1ccccc1. The van der Waals surface area contributed by atoms with E-state index < -0.39 is 0 Å². The summed E-state index contributed by atoms with van der Waals surface area (Å²) in [7, 11) is 0. The van der Waals surface area contributed by atoms with Crippen molar-refractivity contribution >= 4 is 5.69 Å².